The number of carbonyl (C=O) groups excluding carboxylic acids is 1. The van der Waals surface area contributed by atoms with E-state index >= 15 is 0 Å². The molecular formula is C14H11FN2O3S2. The minimum absolute atomic E-state index is 0.0768. The van der Waals surface area contributed by atoms with Gasteiger partial charge >= 0.3 is 5.00 Å². The highest BCUT2D eigenvalue weighted by atomic mass is 32.2. The maximum Gasteiger partial charge on any atom is 0.324 e. The molecule has 1 aliphatic heterocycles. The predicted octanol–water partition coefficient (Wildman–Crippen LogP) is 3.94. The van der Waals surface area contributed by atoms with Crippen molar-refractivity contribution in [2.45, 2.75) is 11.3 Å². The largest absolute Gasteiger partial charge is 0.324 e. The number of hydrogen-bond acceptors (Lipinski definition) is 5. The van der Waals surface area contributed by atoms with Crippen LogP contribution in [-0.4, -0.2) is 23.1 Å². The molecule has 0 spiro atoms. The summed E-state index contributed by atoms with van der Waals surface area (Å²) in [5, 5.41) is 12.1. The number of rotatable bonds is 2. The van der Waals surface area contributed by atoms with E-state index in [2.05, 4.69) is 0 Å². The number of hydrogen-bond donors (Lipinski definition) is 0. The number of halogens is 1. The Morgan fingerprint density at radius 2 is 2.18 bits per heavy atom. The van der Waals surface area contributed by atoms with Gasteiger partial charge in [-0.25, -0.2) is 4.39 Å². The van der Waals surface area contributed by atoms with Crippen molar-refractivity contribution in [2.75, 3.05) is 17.2 Å². The van der Waals surface area contributed by atoms with Crippen molar-refractivity contribution in [3.8, 4) is 0 Å². The third-order valence-electron chi connectivity index (χ3n) is 3.25. The second-order valence-electron chi connectivity index (χ2n) is 4.70. The molecule has 1 aromatic carbocycles. The fourth-order valence-corrected chi connectivity index (χ4v) is 3.92. The molecule has 0 N–H and O–H groups in total. The highest BCUT2D eigenvalue weighted by Gasteiger charge is 2.25. The number of carbonyl (C=O) groups is 1. The van der Waals surface area contributed by atoms with Gasteiger partial charge in [-0.15, -0.1) is 11.8 Å². The van der Waals surface area contributed by atoms with Gasteiger partial charge in [0.05, 0.1) is 16.2 Å². The predicted molar refractivity (Wildman–Crippen MR) is 84.4 cm³/mol. The van der Waals surface area contributed by atoms with Gasteiger partial charge in [0, 0.05) is 22.9 Å². The van der Waals surface area contributed by atoms with E-state index in [1.54, 1.807) is 17.8 Å². The summed E-state index contributed by atoms with van der Waals surface area (Å²) in [6.45, 7) is 0.464. The van der Waals surface area contributed by atoms with Gasteiger partial charge in [0.15, 0.2) is 0 Å². The van der Waals surface area contributed by atoms with E-state index in [4.69, 9.17) is 0 Å². The van der Waals surface area contributed by atoms with Gasteiger partial charge < -0.3 is 4.90 Å². The molecule has 114 valence electrons. The van der Waals surface area contributed by atoms with Crippen LogP contribution in [0.3, 0.4) is 0 Å². The highest BCUT2D eigenvalue weighted by Crippen LogP contribution is 2.35. The van der Waals surface area contributed by atoms with E-state index in [0.717, 1.165) is 28.4 Å². The first-order chi connectivity index (χ1) is 10.6. The molecule has 2 heterocycles. The third-order valence-corrected chi connectivity index (χ3v) is 5.28. The molecule has 0 saturated heterocycles. The van der Waals surface area contributed by atoms with Crippen molar-refractivity contribution in [2.24, 2.45) is 0 Å². The summed E-state index contributed by atoms with van der Waals surface area (Å²) in [4.78, 5) is 25.2. The van der Waals surface area contributed by atoms with Gasteiger partial charge in [0.1, 0.15) is 5.82 Å². The van der Waals surface area contributed by atoms with Crippen molar-refractivity contribution < 1.29 is 14.1 Å². The van der Waals surface area contributed by atoms with Crippen LogP contribution in [0.5, 0.6) is 0 Å². The Labute approximate surface area is 133 Å². The van der Waals surface area contributed by atoms with Crippen LogP contribution in [0, 0.1) is 15.9 Å². The van der Waals surface area contributed by atoms with E-state index in [1.165, 1.54) is 28.5 Å². The lowest BCUT2D eigenvalue weighted by atomic mass is 10.2. The molecule has 8 heteroatoms. The van der Waals surface area contributed by atoms with Crippen molar-refractivity contribution in [1.82, 2.24) is 0 Å². The molecule has 1 aliphatic rings. The van der Waals surface area contributed by atoms with Gasteiger partial charge in [-0.3, -0.25) is 14.9 Å². The quantitative estimate of drug-likeness (QED) is 0.614. The maximum absolute atomic E-state index is 13.5. The zero-order valence-corrected chi connectivity index (χ0v) is 13.0. The molecule has 3 rings (SSSR count). The standard InChI is InChI=1S/C14H11FN2O3S2/c15-10-2-3-12-11(7-10)16(4-1-5-21-12)14(18)9-6-13(17(19)20)22-8-9/h2-3,6-8H,1,4-5H2. The summed E-state index contributed by atoms with van der Waals surface area (Å²) in [6.07, 6.45) is 0.777. The van der Waals surface area contributed by atoms with Crippen LogP contribution >= 0.6 is 23.1 Å². The molecule has 0 unspecified atom stereocenters. The summed E-state index contributed by atoms with van der Waals surface area (Å²) >= 11 is 2.49. The molecule has 1 aromatic heterocycles. The molecule has 0 radical (unpaired) electrons. The molecule has 22 heavy (non-hydrogen) atoms. The summed E-state index contributed by atoms with van der Waals surface area (Å²) in [6, 6.07) is 5.64. The maximum atomic E-state index is 13.5. The fraction of sp³-hybridized carbons (Fsp3) is 0.214. The number of thiophene rings is 1. The van der Waals surface area contributed by atoms with Crippen molar-refractivity contribution in [3.63, 3.8) is 0 Å². The summed E-state index contributed by atoms with van der Waals surface area (Å²) in [7, 11) is 0. The highest BCUT2D eigenvalue weighted by molar-refractivity contribution is 7.99. The summed E-state index contributed by atoms with van der Waals surface area (Å²) < 4.78 is 13.5. The van der Waals surface area contributed by atoms with Crippen LogP contribution in [0.25, 0.3) is 0 Å². The fourth-order valence-electron chi connectivity index (χ4n) is 2.25. The molecule has 0 aliphatic carbocycles. The normalized spacial score (nSPS) is 14.3. The van der Waals surface area contributed by atoms with Crippen LogP contribution < -0.4 is 4.90 Å². The number of benzene rings is 1. The molecule has 2 aromatic rings. The smallest absolute Gasteiger partial charge is 0.307 e. The van der Waals surface area contributed by atoms with Crippen molar-refractivity contribution in [3.05, 3.63) is 51.1 Å². The van der Waals surface area contributed by atoms with E-state index in [1.807, 2.05) is 0 Å². The Morgan fingerprint density at radius 3 is 2.91 bits per heavy atom. The first-order valence-electron chi connectivity index (χ1n) is 6.53. The zero-order chi connectivity index (χ0) is 15.7. The van der Waals surface area contributed by atoms with Gasteiger partial charge in [-0.2, -0.15) is 0 Å². The van der Waals surface area contributed by atoms with Crippen LogP contribution in [0.2, 0.25) is 0 Å². The van der Waals surface area contributed by atoms with Gasteiger partial charge in [0.2, 0.25) is 0 Å². The Kier molecular flexibility index (Phi) is 4.12. The number of anilines is 1. The van der Waals surface area contributed by atoms with Crippen molar-refractivity contribution >= 4 is 39.7 Å². The van der Waals surface area contributed by atoms with Crippen LogP contribution in [0.4, 0.5) is 15.1 Å². The number of fused-ring (bicyclic) bond motifs is 1. The molecule has 1 amide bonds. The first-order valence-corrected chi connectivity index (χ1v) is 8.40. The lowest BCUT2D eigenvalue weighted by molar-refractivity contribution is -0.380. The average Bonchev–Trinajstić information content (AvgIpc) is 2.89. The Balaban J connectivity index is 1.98. The second kappa shape index (κ2) is 6.05. The number of thioether (sulfide) groups is 1. The minimum atomic E-state index is -0.520. The monoisotopic (exact) mass is 338 g/mol. The number of nitrogens with zero attached hydrogens (tertiary/aromatic N) is 2. The molecule has 0 saturated carbocycles. The SMILES string of the molecule is O=C(c1csc([N+](=O)[O-])c1)N1CCCSc2ccc(F)cc21. The molecule has 0 fully saturated rings. The minimum Gasteiger partial charge on any atom is -0.307 e. The van der Waals surface area contributed by atoms with E-state index in [9.17, 15) is 19.3 Å². The van der Waals surface area contributed by atoms with Crippen molar-refractivity contribution in [1.29, 1.82) is 0 Å². The number of nitro groups is 1. The second-order valence-corrected chi connectivity index (χ2v) is 6.73. The zero-order valence-electron chi connectivity index (χ0n) is 11.3. The Hall–Kier alpha value is -1.93. The summed E-state index contributed by atoms with van der Waals surface area (Å²) in [5.74, 6) is 0.0979. The Morgan fingerprint density at radius 1 is 1.36 bits per heavy atom. The molecule has 5 nitrogen and oxygen atoms in total. The lowest BCUT2D eigenvalue weighted by Gasteiger charge is -2.22. The average molecular weight is 338 g/mol. The van der Waals surface area contributed by atoms with E-state index in [-0.39, 0.29) is 16.5 Å². The molecule has 0 bridgehead atoms. The number of amides is 1. The van der Waals surface area contributed by atoms with E-state index in [0.29, 0.717) is 12.2 Å². The van der Waals surface area contributed by atoms with E-state index < -0.39 is 10.7 Å². The summed E-state index contributed by atoms with van der Waals surface area (Å²) in [5.41, 5.74) is 0.792. The van der Waals surface area contributed by atoms with Gasteiger partial charge in [-0.05, 0) is 30.4 Å². The molecular weight excluding hydrogens is 327 g/mol. The van der Waals surface area contributed by atoms with Gasteiger partial charge in [0.25, 0.3) is 5.91 Å². The topological polar surface area (TPSA) is 63.4 Å². The van der Waals surface area contributed by atoms with Crippen LogP contribution in [-0.2, 0) is 0 Å². The van der Waals surface area contributed by atoms with Crippen LogP contribution in [0.1, 0.15) is 16.8 Å². The third kappa shape index (κ3) is 2.84. The Bertz CT molecular complexity index is 747. The molecule has 0 atom stereocenters. The lowest BCUT2D eigenvalue weighted by Crippen LogP contribution is -2.31. The van der Waals surface area contributed by atoms with Gasteiger partial charge in [-0.1, -0.05) is 11.3 Å². The first kappa shape index (κ1) is 15.0. The van der Waals surface area contributed by atoms with Crippen LogP contribution in [0.15, 0.2) is 34.5 Å².